The van der Waals surface area contributed by atoms with Gasteiger partial charge >= 0.3 is 5.97 Å². The van der Waals surface area contributed by atoms with E-state index in [1.807, 2.05) is 30.3 Å². The zero-order chi connectivity index (χ0) is 13.0. The molecule has 0 spiro atoms. The molecular weight excluding hydrogens is 298 g/mol. The van der Waals surface area contributed by atoms with Crippen LogP contribution in [0, 0.1) is 0 Å². The predicted molar refractivity (Wildman–Crippen MR) is 72.0 cm³/mol. The molecule has 1 aromatic carbocycles. The zero-order valence-electron chi connectivity index (χ0n) is 9.80. The van der Waals surface area contributed by atoms with E-state index in [4.69, 9.17) is 4.74 Å². The average Bonchev–Trinajstić information content (AvgIpc) is 2.43. The first kappa shape index (κ1) is 12.8. The van der Waals surface area contributed by atoms with Gasteiger partial charge in [-0.2, -0.15) is 0 Å². The maximum atomic E-state index is 11.2. The van der Waals surface area contributed by atoms with Crippen LogP contribution in [-0.4, -0.2) is 29.5 Å². The van der Waals surface area contributed by atoms with Crippen molar-refractivity contribution in [2.24, 2.45) is 0 Å². The number of aromatic nitrogens is 1. The first-order chi connectivity index (χ1) is 8.70. The van der Waals surface area contributed by atoms with Gasteiger partial charge in [-0.05, 0) is 12.1 Å². The molecule has 0 aliphatic heterocycles. The molecule has 0 radical (unpaired) electrons. The summed E-state index contributed by atoms with van der Waals surface area (Å²) >= 11 is 3.19. The summed E-state index contributed by atoms with van der Waals surface area (Å²) < 4.78 is 10.1. The maximum Gasteiger partial charge on any atom is 0.322 e. The van der Waals surface area contributed by atoms with Crippen LogP contribution >= 0.6 is 15.9 Å². The van der Waals surface area contributed by atoms with Crippen LogP contribution in [0.4, 0.5) is 0 Å². The van der Waals surface area contributed by atoms with Crippen LogP contribution in [0.15, 0.2) is 36.5 Å². The molecule has 1 heterocycles. The largest absolute Gasteiger partial charge is 0.490 e. The van der Waals surface area contributed by atoms with Gasteiger partial charge in [0.2, 0.25) is 0 Å². The number of carbonyl (C=O) groups is 1. The van der Waals surface area contributed by atoms with Crippen LogP contribution in [0.25, 0.3) is 10.9 Å². The number of ether oxygens (including phenoxy) is 2. The summed E-state index contributed by atoms with van der Waals surface area (Å²) in [5, 5.41) is 0.999. The number of rotatable bonds is 4. The first-order valence-corrected chi connectivity index (χ1v) is 6.32. The fraction of sp³-hybridized carbons (Fsp3) is 0.231. The van der Waals surface area contributed by atoms with Gasteiger partial charge in [-0.25, -0.2) is 0 Å². The van der Waals surface area contributed by atoms with Crippen LogP contribution in [0.3, 0.4) is 0 Å². The minimum Gasteiger partial charge on any atom is -0.490 e. The molecule has 0 aliphatic rings. The Labute approximate surface area is 113 Å². The summed E-state index contributed by atoms with van der Waals surface area (Å²) in [5.74, 6) is 0.269. The summed E-state index contributed by atoms with van der Waals surface area (Å²) in [7, 11) is 1.34. The molecule has 94 valence electrons. The lowest BCUT2D eigenvalue weighted by molar-refractivity contribution is -0.140. The number of hydrogen-bond acceptors (Lipinski definition) is 4. The summed E-state index contributed by atoms with van der Waals surface area (Å²) in [6, 6.07) is 9.65. The molecule has 5 heteroatoms. The van der Waals surface area contributed by atoms with Crippen LogP contribution in [0.5, 0.6) is 5.75 Å². The zero-order valence-corrected chi connectivity index (χ0v) is 11.4. The Hall–Kier alpha value is -1.62. The number of alkyl halides is 1. The lowest BCUT2D eigenvalue weighted by Gasteiger charge is -2.10. The van der Waals surface area contributed by atoms with Gasteiger partial charge in [-0.15, -0.1) is 0 Å². The number of benzene rings is 1. The van der Waals surface area contributed by atoms with Crippen molar-refractivity contribution >= 4 is 32.8 Å². The monoisotopic (exact) mass is 309 g/mol. The van der Waals surface area contributed by atoms with Crippen LogP contribution in [0.1, 0.15) is 0 Å². The minimum absolute atomic E-state index is 0.201. The number of methoxy groups -OCH3 is 1. The average molecular weight is 310 g/mol. The third-order valence-electron chi connectivity index (χ3n) is 2.42. The number of para-hydroxylation sites is 1. The fourth-order valence-electron chi connectivity index (χ4n) is 1.50. The van der Waals surface area contributed by atoms with E-state index in [1.165, 1.54) is 7.11 Å². The second-order valence-corrected chi connectivity index (χ2v) is 4.77. The highest BCUT2D eigenvalue weighted by molar-refractivity contribution is 9.10. The molecular formula is C13H12BrNO3. The smallest absolute Gasteiger partial charge is 0.322 e. The first-order valence-electron chi connectivity index (χ1n) is 5.40. The Morgan fingerprint density at radius 3 is 3.00 bits per heavy atom. The van der Waals surface area contributed by atoms with Crippen molar-refractivity contribution in [1.29, 1.82) is 0 Å². The molecule has 2 rings (SSSR count). The summed E-state index contributed by atoms with van der Waals surface area (Å²) in [4.78, 5) is 15.0. The van der Waals surface area contributed by atoms with Crippen LogP contribution in [0.2, 0.25) is 0 Å². The second kappa shape index (κ2) is 5.82. The standard InChI is InChI=1S/C13H12BrNO3/c1-17-13(16)11(14)8-18-10-6-9-4-2-3-5-12(9)15-7-10/h2-7,11H,8H2,1H3. The lowest BCUT2D eigenvalue weighted by Crippen LogP contribution is -2.22. The van der Waals surface area contributed by atoms with Gasteiger partial charge in [-0.1, -0.05) is 34.1 Å². The molecule has 0 bridgehead atoms. The molecule has 0 saturated heterocycles. The molecule has 0 fully saturated rings. The van der Waals surface area contributed by atoms with Gasteiger partial charge in [0.05, 0.1) is 18.8 Å². The number of carbonyl (C=O) groups excluding carboxylic acids is 1. The van der Waals surface area contributed by atoms with Crippen molar-refractivity contribution < 1.29 is 14.3 Å². The molecule has 0 aliphatic carbocycles. The van der Waals surface area contributed by atoms with E-state index in [9.17, 15) is 4.79 Å². The fourth-order valence-corrected chi connectivity index (χ4v) is 1.81. The van der Waals surface area contributed by atoms with Crippen LogP contribution < -0.4 is 4.74 Å². The Morgan fingerprint density at radius 1 is 1.44 bits per heavy atom. The van der Waals surface area contributed by atoms with Crippen molar-refractivity contribution in [2.75, 3.05) is 13.7 Å². The van der Waals surface area contributed by atoms with Crippen molar-refractivity contribution in [2.45, 2.75) is 4.83 Å². The molecule has 1 unspecified atom stereocenters. The topological polar surface area (TPSA) is 48.4 Å². The normalized spacial score (nSPS) is 12.1. The van der Waals surface area contributed by atoms with E-state index in [2.05, 4.69) is 25.7 Å². The number of pyridine rings is 1. The number of esters is 1. The Kier molecular flexibility index (Phi) is 4.15. The predicted octanol–water partition coefficient (Wildman–Crippen LogP) is 2.55. The molecule has 1 aromatic heterocycles. The lowest BCUT2D eigenvalue weighted by atomic mass is 10.2. The third-order valence-corrected chi connectivity index (χ3v) is 3.06. The highest BCUT2D eigenvalue weighted by atomic mass is 79.9. The molecule has 0 saturated carbocycles. The highest BCUT2D eigenvalue weighted by Crippen LogP contribution is 2.18. The van der Waals surface area contributed by atoms with E-state index in [1.54, 1.807) is 6.20 Å². The number of halogens is 1. The van der Waals surface area contributed by atoms with Crippen molar-refractivity contribution in [3.05, 3.63) is 36.5 Å². The number of fused-ring (bicyclic) bond motifs is 1. The Balaban J connectivity index is 2.06. The van der Waals surface area contributed by atoms with Crippen molar-refractivity contribution in [1.82, 2.24) is 4.98 Å². The Morgan fingerprint density at radius 2 is 2.22 bits per heavy atom. The van der Waals surface area contributed by atoms with Gasteiger partial charge in [-0.3, -0.25) is 9.78 Å². The van der Waals surface area contributed by atoms with Gasteiger partial charge in [0.25, 0.3) is 0 Å². The van der Waals surface area contributed by atoms with Gasteiger partial charge < -0.3 is 9.47 Å². The van der Waals surface area contributed by atoms with Gasteiger partial charge in [0, 0.05) is 5.39 Å². The van der Waals surface area contributed by atoms with Crippen molar-refractivity contribution in [3.63, 3.8) is 0 Å². The van der Waals surface area contributed by atoms with Gasteiger partial charge in [0.15, 0.2) is 0 Å². The van der Waals surface area contributed by atoms with E-state index in [0.29, 0.717) is 5.75 Å². The Bertz CT molecular complexity index is 559. The van der Waals surface area contributed by atoms with E-state index < -0.39 is 4.83 Å². The third kappa shape index (κ3) is 2.98. The van der Waals surface area contributed by atoms with E-state index >= 15 is 0 Å². The summed E-state index contributed by atoms with van der Waals surface area (Å²) in [5.41, 5.74) is 0.910. The second-order valence-electron chi connectivity index (χ2n) is 3.67. The van der Waals surface area contributed by atoms with Crippen molar-refractivity contribution in [3.8, 4) is 5.75 Å². The molecule has 18 heavy (non-hydrogen) atoms. The molecule has 0 N–H and O–H groups in total. The highest BCUT2D eigenvalue weighted by Gasteiger charge is 2.15. The quantitative estimate of drug-likeness (QED) is 0.643. The van der Waals surface area contributed by atoms with E-state index in [-0.39, 0.29) is 12.6 Å². The van der Waals surface area contributed by atoms with Crippen LogP contribution in [-0.2, 0) is 9.53 Å². The number of nitrogens with zero attached hydrogens (tertiary/aromatic N) is 1. The van der Waals surface area contributed by atoms with E-state index in [0.717, 1.165) is 10.9 Å². The molecule has 1 atom stereocenters. The minimum atomic E-state index is -0.478. The summed E-state index contributed by atoms with van der Waals surface area (Å²) in [6.07, 6.45) is 1.64. The molecule has 2 aromatic rings. The number of hydrogen-bond donors (Lipinski definition) is 0. The molecule has 4 nitrogen and oxygen atoms in total. The molecule has 0 amide bonds. The summed E-state index contributed by atoms with van der Waals surface area (Å²) in [6.45, 7) is 0.201. The maximum absolute atomic E-state index is 11.2. The SMILES string of the molecule is COC(=O)C(Br)COc1cnc2ccccc2c1. The van der Waals surface area contributed by atoms with Gasteiger partial charge in [0.1, 0.15) is 17.2 Å².